The molecule has 98 valence electrons. The fraction of sp³-hybridized carbons (Fsp3) is 0.583. The SMILES string of the molecule is C/C=C/COP(=O)(OC/C=C/C)C(=O)CCC. The molecule has 0 atom stereocenters. The van der Waals surface area contributed by atoms with Crippen LogP contribution in [-0.2, 0) is 18.4 Å². The molecule has 0 N–H and O–H groups in total. The Hall–Kier alpha value is -0.700. The number of hydrogen-bond donors (Lipinski definition) is 0. The Bertz CT molecular complexity index is 300. The smallest absolute Gasteiger partial charge is 0.299 e. The van der Waals surface area contributed by atoms with Crippen LogP contribution in [0.1, 0.15) is 33.6 Å². The Balaban J connectivity index is 4.55. The molecule has 0 aliphatic heterocycles. The quantitative estimate of drug-likeness (QED) is 0.468. The van der Waals surface area contributed by atoms with Crippen molar-refractivity contribution in [2.45, 2.75) is 33.6 Å². The lowest BCUT2D eigenvalue weighted by Gasteiger charge is -2.15. The maximum Gasteiger partial charge on any atom is 0.397 e. The molecule has 0 aliphatic rings. The lowest BCUT2D eigenvalue weighted by Crippen LogP contribution is -2.07. The van der Waals surface area contributed by atoms with Crippen LogP contribution in [0.4, 0.5) is 0 Å². The molecule has 5 heteroatoms. The lowest BCUT2D eigenvalue weighted by atomic mass is 10.4. The number of carbonyl (C=O) groups excluding carboxylic acids is 1. The zero-order valence-electron chi connectivity index (χ0n) is 10.7. The molecule has 0 aliphatic carbocycles. The van der Waals surface area contributed by atoms with Crippen LogP contribution in [0, 0.1) is 0 Å². The average molecular weight is 260 g/mol. The van der Waals surface area contributed by atoms with Gasteiger partial charge in [0.2, 0.25) is 5.52 Å². The van der Waals surface area contributed by atoms with E-state index in [1.54, 1.807) is 24.3 Å². The summed E-state index contributed by atoms with van der Waals surface area (Å²) in [5, 5.41) is 0. The highest BCUT2D eigenvalue weighted by Gasteiger charge is 2.33. The zero-order valence-corrected chi connectivity index (χ0v) is 11.6. The molecule has 0 bridgehead atoms. The fourth-order valence-electron chi connectivity index (χ4n) is 1.01. The van der Waals surface area contributed by atoms with Crippen molar-refractivity contribution in [3.63, 3.8) is 0 Å². The molecule has 0 spiro atoms. The summed E-state index contributed by atoms with van der Waals surface area (Å²) in [5.74, 6) is 0. The van der Waals surface area contributed by atoms with Gasteiger partial charge in [-0.2, -0.15) is 0 Å². The number of rotatable bonds is 9. The second-order valence-electron chi connectivity index (χ2n) is 3.37. The summed E-state index contributed by atoms with van der Waals surface area (Å²) in [7, 11) is -3.63. The minimum absolute atomic E-state index is 0.124. The third-order valence-corrected chi connectivity index (χ3v) is 3.73. The van der Waals surface area contributed by atoms with E-state index in [4.69, 9.17) is 9.05 Å². The van der Waals surface area contributed by atoms with E-state index in [0.29, 0.717) is 6.42 Å². The van der Waals surface area contributed by atoms with Gasteiger partial charge in [0.15, 0.2) is 0 Å². The molecule has 4 nitrogen and oxygen atoms in total. The van der Waals surface area contributed by atoms with Crippen LogP contribution in [0.5, 0.6) is 0 Å². The predicted octanol–water partition coefficient (Wildman–Crippen LogP) is 3.69. The monoisotopic (exact) mass is 260 g/mol. The molecule has 0 heterocycles. The minimum atomic E-state index is -3.63. The Labute approximate surface area is 103 Å². The van der Waals surface area contributed by atoms with Gasteiger partial charge in [-0.1, -0.05) is 31.2 Å². The van der Waals surface area contributed by atoms with Gasteiger partial charge in [-0.25, -0.2) is 0 Å². The topological polar surface area (TPSA) is 52.6 Å². The third kappa shape index (κ3) is 6.57. The zero-order chi connectivity index (χ0) is 13.1. The van der Waals surface area contributed by atoms with Gasteiger partial charge in [0, 0.05) is 6.42 Å². The maximum atomic E-state index is 12.2. The second kappa shape index (κ2) is 9.34. The van der Waals surface area contributed by atoms with Crippen molar-refractivity contribution >= 4 is 13.1 Å². The van der Waals surface area contributed by atoms with Crippen molar-refractivity contribution in [1.29, 1.82) is 0 Å². The van der Waals surface area contributed by atoms with E-state index < -0.39 is 13.1 Å². The molecule has 0 aromatic rings. The largest absolute Gasteiger partial charge is 0.397 e. The highest BCUT2D eigenvalue weighted by Crippen LogP contribution is 2.50. The summed E-state index contributed by atoms with van der Waals surface area (Å²) in [6.07, 6.45) is 7.74. The Morgan fingerprint density at radius 2 is 1.59 bits per heavy atom. The Morgan fingerprint density at radius 1 is 1.12 bits per heavy atom. The van der Waals surface area contributed by atoms with Gasteiger partial charge in [0.05, 0.1) is 13.2 Å². The molecule has 0 rings (SSSR count). The second-order valence-corrected chi connectivity index (χ2v) is 5.38. The van der Waals surface area contributed by atoms with Crippen LogP contribution in [0.3, 0.4) is 0 Å². The molecule has 0 fully saturated rings. The summed E-state index contributed by atoms with van der Waals surface area (Å²) in [6.45, 7) is 5.74. The summed E-state index contributed by atoms with van der Waals surface area (Å²) >= 11 is 0. The highest BCUT2D eigenvalue weighted by atomic mass is 31.2. The maximum absolute atomic E-state index is 12.2. The van der Waals surface area contributed by atoms with Crippen molar-refractivity contribution in [2.24, 2.45) is 0 Å². The van der Waals surface area contributed by atoms with Crippen LogP contribution < -0.4 is 0 Å². The summed E-state index contributed by atoms with van der Waals surface area (Å²) in [6, 6.07) is 0. The Morgan fingerprint density at radius 3 is 1.94 bits per heavy atom. The normalized spacial score (nSPS) is 12.6. The van der Waals surface area contributed by atoms with Crippen molar-refractivity contribution in [1.82, 2.24) is 0 Å². The number of carbonyl (C=O) groups is 1. The first-order valence-corrected chi connectivity index (χ1v) is 7.29. The van der Waals surface area contributed by atoms with E-state index in [1.807, 2.05) is 20.8 Å². The number of hydrogen-bond acceptors (Lipinski definition) is 4. The van der Waals surface area contributed by atoms with E-state index in [2.05, 4.69) is 0 Å². The molecular formula is C12H21O4P. The van der Waals surface area contributed by atoms with Gasteiger partial charge in [-0.05, 0) is 20.3 Å². The van der Waals surface area contributed by atoms with Crippen molar-refractivity contribution < 1.29 is 18.4 Å². The van der Waals surface area contributed by atoms with E-state index in [0.717, 1.165) is 0 Å². The predicted molar refractivity (Wildman–Crippen MR) is 69.1 cm³/mol. The fourth-order valence-corrected chi connectivity index (χ4v) is 2.43. The first-order chi connectivity index (χ1) is 8.10. The molecule has 0 aromatic heterocycles. The van der Waals surface area contributed by atoms with E-state index in [9.17, 15) is 9.36 Å². The van der Waals surface area contributed by atoms with Crippen molar-refractivity contribution in [3.05, 3.63) is 24.3 Å². The van der Waals surface area contributed by atoms with Crippen LogP contribution in [0.25, 0.3) is 0 Å². The van der Waals surface area contributed by atoms with Gasteiger partial charge in [-0.3, -0.25) is 18.4 Å². The molecular weight excluding hydrogens is 239 g/mol. The van der Waals surface area contributed by atoms with E-state index in [-0.39, 0.29) is 19.6 Å². The van der Waals surface area contributed by atoms with E-state index >= 15 is 0 Å². The van der Waals surface area contributed by atoms with Gasteiger partial charge in [-0.15, -0.1) is 0 Å². The summed E-state index contributed by atoms with van der Waals surface area (Å²) in [4.78, 5) is 11.7. The van der Waals surface area contributed by atoms with Gasteiger partial charge in [0.1, 0.15) is 0 Å². The highest BCUT2D eigenvalue weighted by molar-refractivity contribution is 7.71. The average Bonchev–Trinajstić information content (AvgIpc) is 2.30. The molecule has 0 amide bonds. The first kappa shape index (κ1) is 16.3. The summed E-state index contributed by atoms with van der Waals surface area (Å²) in [5.41, 5.74) is -0.450. The summed E-state index contributed by atoms with van der Waals surface area (Å²) < 4.78 is 22.4. The van der Waals surface area contributed by atoms with Crippen LogP contribution >= 0.6 is 7.60 Å². The standard InChI is InChI=1S/C12H21O4P/c1-4-7-10-15-17(14,12(13)9-6-3)16-11-8-5-2/h4-5,7-8H,6,9-11H2,1-3H3/b7-4+,8-5+. The molecule has 17 heavy (non-hydrogen) atoms. The van der Waals surface area contributed by atoms with E-state index in [1.165, 1.54) is 0 Å². The van der Waals surface area contributed by atoms with Crippen molar-refractivity contribution in [3.8, 4) is 0 Å². The van der Waals surface area contributed by atoms with Gasteiger partial charge in [0.25, 0.3) is 0 Å². The minimum Gasteiger partial charge on any atom is -0.299 e. The van der Waals surface area contributed by atoms with Crippen LogP contribution in [0.15, 0.2) is 24.3 Å². The first-order valence-electron chi connectivity index (χ1n) is 5.75. The van der Waals surface area contributed by atoms with Crippen LogP contribution in [0.2, 0.25) is 0 Å². The molecule has 0 unspecified atom stereocenters. The van der Waals surface area contributed by atoms with Crippen molar-refractivity contribution in [2.75, 3.05) is 13.2 Å². The molecule has 0 saturated carbocycles. The molecule has 0 aromatic carbocycles. The third-order valence-electron chi connectivity index (χ3n) is 1.92. The van der Waals surface area contributed by atoms with Gasteiger partial charge < -0.3 is 0 Å². The Kier molecular flexibility index (Phi) is 8.96. The molecule has 0 radical (unpaired) electrons. The van der Waals surface area contributed by atoms with Gasteiger partial charge >= 0.3 is 7.60 Å². The molecule has 0 saturated heterocycles. The number of allylic oxidation sites excluding steroid dienone is 2. The van der Waals surface area contributed by atoms with Crippen LogP contribution in [-0.4, -0.2) is 18.7 Å². The lowest BCUT2D eigenvalue weighted by molar-refractivity contribution is -0.113.